The van der Waals surface area contributed by atoms with Crippen LogP contribution in [-0.4, -0.2) is 36.1 Å². The van der Waals surface area contributed by atoms with E-state index in [-0.39, 0.29) is 24.8 Å². The Morgan fingerprint density at radius 2 is 1.24 bits per heavy atom. The fraction of sp³-hybridized carbons (Fsp3) is 0.250. The molecule has 0 aliphatic heterocycles. The van der Waals surface area contributed by atoms with Crippen LogP contribution in [-0.2, 0) is 17.8 Å². The van der Waals surface area contributed by atoms with Gasteiger partial charge in [0.1, 0.15) is 25.6 Å². The van der Waals surface area contributed by atoms with Crippen LogP contribution in [0.3, 0.4) is 0 Å². The first-order chi connectivity index (χ1) is 11.3. The van der Waals surface area contributed by atoms with E-state index >= 15 is 0 Å². The van der Waals surface area contributed by atoms with Crippen LogP contribution in [0.5, 0.6) is 0 Å². The van der Waals surface area contributed by atoms with Crippen molar-refractivity contribution in [1.29, 1.82) is 0 Å². The van der Waals surface area contributed by atoms with E-state index in [4.69, 9.17) is 15.2 Å². The Morgan fingerprint density at radius 3 is 1.64 bits per heavy atom. The van der Waals surface area contributed by atoms with E-state index in [0.717, 1.165) is 11.4 Å². The third-order valence-corrected chi connectivity index (χ3v) is 3.28. The van der Waals surface area contributed by atoms with Crippen LogP contribution >= 0.6 is 0 Å². The van der Waals surface area contributed by atoms with E-state index in [9.17, 15) is 0 Å². The smallest absolute Gasteiger partial charge is 0.227 e. The van der Waals surface area contributed by atoms with Crippen LogP contribution in [0.2, 0.25) is 0 Å². The van der Waals surface area contributed by atoms with E-state index in [2.05, 4.69) is 10.3 Å². The van der Waals surface area contributed by atoms with Crippen molar-refractivity contribution in [3.05, 3.63) is 60.2 Å². The van der Waals surface area contributed by atoms with E-state index in [1.54, 1.807) is 0 Å². The van der Waals surface area contributed by atoms with Crippen LogP contribution in [0.25, 0.3) is 0 Å². The third-order valence-electron chi connectivity index (χ3n) is 3.28. The van der Waals surface area contributed by atoms with E-state index in [1.165, 1.54) is 12.4 Å². The largest absolute Gasteiger partial charge is 1.00 e. The predicted octanol–water partition coefficient (Wildman–Crippen LogP) is -5.40. The minimum atomic E-state index is 0. The van der Waals surface area contributed by atoms with Crippen molar-refractivity contribution in [2.24, 2.45) is 10.3 Å². The third kappa shape index (κ3) is 7.47. The highest BCUT2D eigenvalue weighted by atomic mass is 35.5. The standard InChI is InChI=1S/C16H18N4O3.2ClH/c21-17-13-15-5-1-3-7-19(15)9-11-23-12-10-20-8-4-2-6-16(20)14-18-22;;/h1-8,13-14H,9-12H2;2*1H. The molecule has 2 heterocycles. The zero-order valence-electron chi connectivity index (χ0n) is 13.4. The average molecular weight is 387 g/mol. The number of oxime groups is 2. The molecule has 0 amide bonds. The van der Waals surface area contributed by atoms with Crippen LogP contribution in [0.15, 0.2) is 59.1 Å². The van der Waals surface area contributed by atoms with Gasteiger partial charge in [0.25, 0.3) is 0 Å². The number of halogens is 2. The zero-order chi connectivity index (χ0) is 16.3. The van der Waals surface area contributed by atoms with Gasteiger partial charge >= 0.3 is 0 Å². The fourth-order valence-corrected chi connectivity index (χ4v) is 2.17. The molecule has 0 spiro atoms. The van der Waals surface area contributed by atoms with Crippen molar-refractivity contribution in [1.82, 2.24) is 0 Å². The SMILES string of the molecule is O/N=C\c1cccc[n+]1CCOCC[n+]1ccccc1/C=N\O.[Cl-].[Cl-]. The van der Waals surface area contributed by atoms with Crippen molar-refractivity contribution in [2.75, 3.05) is 13.2 Å². The molecule has 0 fully saturated rings. The molecule has 7 nitrogen and oxygen atoms in total. The second kappa shape index (κ2) is 13.1. The quantitative estimate of drug-likeness (QED) is 0.156. The van der Waals surface area contributed by atoms with E-state index < -0.39 is 0 Å². The molecule has 0 saturated carbocycles. The lowest BCUT2D eigenvalue weighted by atomic mass is 10.3. The van der Waals surface area contributed by atoms with Crippen molar-refractivity contribution in [3.8, 4) is 0 Å². The summed E-state index contributed by atoms with van der Waals surface area (Å²) >= 11 is 0. The molecule has 0 atom stereocenters. The lowest BCUT2D eigenvalue weighted by Crippen LogP contribution is -3.00. The summed E-state index contributed by atoms with van der Waals surface area (Å²) in [6.45, 7) is 2.40. The topological polar surface area (TPSA) is 82.2 Å². The highest BCUT2D eigenvalue weighted by Gasteiger charge is 2.09. The minimum Gasteiger partial charge on any atom is -1.00 e. The van der Waals surface area contributed by atoms with Crippen LogP contribution in [0.4, 0.5) is 0 Å². The van der Waals surface area contributed by atoms with Gasteiger partial charge in [-0.15, -0.1) is 0 Å². The number of nitrogens with zero attached hydrogens (tertiary/aromatic N) is 4. The number of hydrogen-bond acceptors (Lipinski definition) is 5. The summed E-state index contributed by atoms with van der Waals surface area (Å²) in [6, 6.07) is 11.3. The van der Waals surface area contributed by atoms with Gasteiger partial charge in [0.2, 0.25) is 11.4 Å². The Balaban J connectivity index is 0.00000288. The molecule has 0 aliphatic carbocycles. The number of ether oxygens (including phenoxy) is 1. The highest BCUT2D eigenvalue weighted by molar-refractivity contribution is 5.74. The van der Waals surface area contributed by atoms with Gasteiger partial charge in [-0.1, -0.05) is 10.3 Å². The van der Waals surface area contributed by atoms with Gasteiger partial charge in [-0.25, -0.2) is 0 Å². The molecule has 2 aromatic heterocycles. The molecule has 25 heavy (non-hydrogen) atoms. The highest BCUT2D eigenvalue weighted by Crippen LogP contribution is 1.90. The molecule has 0 saturated heterocycles. The second-order valence-corrected chi connectivity index (χ2v) is 4.74. The lowest BCUT2D eigenvalue weighted by molar-refractivity contribution is -0.706. The molecule has 9 heteroatoms. The maximum absolute atomic E-state index is 8.64. The van der Waals surface area contributed by atoms with Crippen LogP contribution in [0.1, 0.15) is 11.4 Å². The summed E-state index contributed by atoms with van der Waals surface area (Å²) < 4.78 is 9.54. The Morgan fingerprint density at radius 1 is 0.800 bits per heavy atom. The summed E-state index contributed by atoms with van der Waals surface area (Å²) in [6.07, 6.45) is 6.59. The van der Waals surface area contributed by atoms with Gasteiger partial charge in [0.15, 0.2) is 25.5 Å². The monoisotopic (exact) mass is 386 g/mol. The van der Waals surface area contributed by atoms with Crippen molar-refractivity contribution in [3.63, 3.8) is 0 Å². The van der Waals surface area contributed by atoms with Gasteiger partial charge in [-0.05, 0) is 12.1 Å². The van der Waals surface area contributed by atoms with Crippen LogP contribution in [0, 0.1) is 0 Å². The lowest BCUT2D eigenvalue weighted by Gasteiger charge is -2.03. The molecule has 0 bridgehead atoms. The van der Waals surface area contributed by atoms with Gasteiger partial charge in [0, 0.05) is 24.3 Å². The maximum Gasteiger partial charge on any atom is 0.227 e. The Labute approximate surface area is 158 Å². The molecule has 2 N–H and O–H groups in total. The van der Waals surface area contributed by atoms with Crippen molar-refractivity contribution < 1.29 is 49.1 Å². The molecule has 2 rings (SSSR count). The molecule has 0 radical (unpaired) electrons. The minimum absolute atomic E-state index is 0. The molecule has 0 aromatic carbocycles. The Kier molecular flexibility index (Phi) is 11.9. The fourth-order valence-electron chi connectivity index (χ4n) is 2.17. The predicted molar refractivity (Wildman–Crippen MR) is 82.9 cm³/mol. The zero-order valence-corrected chi connectivity index (χ0v) is 15.0. The number of rotatable bonds is 8. The summed E-state index contributed by atoms with van der Waals surface area (Å²) in [5, 5.41) is 23.4. The van der Waals surface area contributed by atoms with E-state index in [0.29, 0.717) is 26.3 Å². The normalized spacial score (nSPS) is 10.6. The summed E-state index contributed by atoms with van der Waals surface area (Å²) in [5.74, 6) is 0. The average Bonchev–Trinajstić information content (AvgIpc) is 2.58. The molecular weight excluding hydrogens is 367 g/mol. The summed E-state index contributed by atoms with van der Waals surface area (Å²) in [5.41, 5.74) is 1.61. The second-order valence-electron chi connectivity index (χ2n) is 4.74. The molecule has 0 unspecified atom stereocenters. The Hall–Kier alpha value is -2.22. The molecule has 0 aliphatic rings. The first-order valence-corrected chi connectivity index (χ1v) is 7.24. The van der Waals surface area contributed by atoms with Crippen molar-refractivity contribution in [2.45, 2.75) is 13.1 Å². The van der Waals surface area contributed by atoms with Crippen molar-refractivity contribution >= 4 is 12.4 Å². The molecular formula is C16H20Cl2N4O3. The first-order valence-electron chi connectivity index (χ1n) is 7.24. The molecule has 2 aromatic rings. The van der Waals surface area contributed by atoms with Gasteiger partial charge in [-0.2, -0.15) is 9.13 Å². The number of hydrogen-bond donors (Lipinski definition) is 2. The molecule has 136 valence electrons. The van der Waals surface area contributed by atoms with E-state index in [1.807, 2.05) is 57.9 Å². The summed E-state index contributed by atoms with van der Waals surface area (Å²) in [4.78, 5) is 0. The number of aromatic nitrogens is 2. The first kappa shape index (κ1) is 22.8. The summed E-state index contributed by atoms with van der Waals surface area (Å²) in [7, 11) is 0. The van der Waals surface area contributed by atoms with Crippen LogP contribution < -0.4 is 33.9 Å². The van der Waals surface area contributed by atoms with Gasteiger partial charge in [0.05, 0.1) is 0 Å². The number of pyridine rings is 2. The Bertz CT molecular complexity index is 626. The van der Waals surface area contributed by atoms with Gasteiger partial charge < -0.3 is 40.0 Å². The maximum atomic E-state index is 8.64. The van der Waals surface area contributed by atoms with Gasteiger partial charge in [-0.3, -0.25) is 0 Å².